The van der Waals surface area contributed by atoms with Crippen molar-refractivity contribution in [1.82, 2.24) is 0 Å². The van der Waals surface area contributed by atoms with Crippen LogP contribution >= 0.6 is 0 Å². The highest BCUT2D eigenvalue weighted by molar-refractivity contribution is 5.94. The second-order valence-electron chi connectivity index (χ2n) is 5.90. The van der Waals surface area contributed by atoms with Crippen LogP contribution in [0.3, 0.4) is 0 Å². The predicted octanol–water partition coefficient (Wildman–Crippen LogP) is 4.94. The van der Waals surface area contributed by atoms with Gasteiger partial charge in [-0.25, -0.2) is 0 Å². The van der Waals surface area contributed by atoms with E-state index in [1.165, 1.54) is 16.5 Å². The molecule has 0 spiro atoms. The van der Waals surface area contributed by atoms with Crippen molar-refractivity contribution in [3.05, 3.63) is 76.9 Å². The minimum Gasteiger partial charge on any atom is -0.398 e. The van der Waals surface area contributed by atoms with Gasteiger partial charge in [0.1, 0.15) is 0 Å². The minimum atomic E-state index is 0.740. The maximum absolute atomic E-state index is 6.42. The Labute approximate surface area is 137 Å². The standard InChI is InChI=1S/C21H22N2/c1-3-6-17-14(2)9-12-20(22)19(17)13-16-11-10-15-7-4-5-8-18(15)21(16)23/h3-12H,13,22-23H2,1-2H3/b6-3-. The molecule has 0 heterocycles. The van der Waals surface area contributed by atoms with E-state index in [1.807, 2.05) is 25.1 Å². The van der Waals surface area contributed by atoms with Crippen molar-refractivity contribution in [3.8, 4) is 0 Å². The number of anilines is 2. The number of nitrogens with two attached hydrogens (primary N) is 2. The van der Waals surface area contributed by atoms with Crippen LogP contribution < -0.4 is 11.5 Å². The number of nitrogen functional groups attached to an aromatic ring is 2. The lowest BCUT2D eigenvalue weighted by molar-refractivity contribution is 1.18. The SMILES string of the molecule is C/C=C\c1c(C)ccc(N)c1Cc1ccc2ccccc2c1N. The van der Waals surface area contributed by atoms with Crippen LogP contribution in [0.2, 0.25) is 0 Å². The monoisotopic (exact) mass is 302 g/mol. The second kappa shape index (κ2) is 6.17. The molecule has 0 unspecified atom stereocenters. The Morgan fingerprint density at radius 2 is 1.74 bits per heavy atom. The molecule has 0 aromatic heterocycles. The third kappa shape index (κ3) is 2.80. The van der Waals surface area contributed by atoms with Gasteiger partial charge in [-0.15, -0.1) is 0 Å². The van der Waals surface area contributed by atoms with Crippen molar-refractivity contribution < 1.29 is 0 Å². The maximum Gasteiger partial charge on any atom is 0.0429 e. The molecule has 3 aromatic carbocycles. The molecule has 0 fully saturated rings. The Morgan fingerprint density at radius 1 is 0.957 bits per heavy atom. The zero-order valence-electron chi connectivity index (χ0n) is 13.6. The van der Waals surface area contributed by atoms with Crippen LogP contribution in [0.1, 0.15) is 29.2 Å². The highest BCUT2D eigenvalue weighted by Crippen LogP contribution is 2.30. The molecule has 0 aliphatic heterocycles. The summed E-state index contributed by atoms with van der Waals surface area (Å²) in [7, 11) is 0. The Balaban J connectivity index is 2.13. The molecule has 4 N–H and O–H groups in total. The summed E-state index contributed by atoms with van der Waals surface area (Å²) in [5.41, 5.74) is 19.0. The molecule has 0 aliphatic carbocycles. The number of allylic oxidation sites excluding steroid dienone is 1. The van der Waals surface area contributed by atoms with Gasteiger partial charge in [-0.05, 0) is 47.6 Å². The molecule has 116 valence electrons. The Hall–Kier alpha value is -2.74. The van der Waals surface area contributed by atoms with Gasteiger partial charge < -0.3 is 11.5 Å². The van der Waals surface area contributed by atoms with E-state index in [0.717, 1.165) is 34.3 Å². The van der Waals surface area contributed by atoms with Crippen molar-refractivity contribution in [3.63, 3.8) is 0 Å². The first-order valence-corrected chi connectivity index (χ1v) is 7.88. The zero-order chi connectivity index (χ0) is 16.4. The van der Waals surface area contributed by atoms with Crippen LogP contribution in [0.4, 0.5) is 11.4 Å². The van der Waals surface area contributed by atoms with Gasteiger partial charge in [0, 0.05) is 23.2 Å². The largest absolute Gasteiger partial charge is 0.398 e. The number of hydrogen-bond acceptors (Lipinski definition) is 2. The van der Waals surface area contributed by atoms with Crippen LogP contribution in [0.25, 0.3) is 16.8 Å². The molecule has 0 aliphatic rings. The molecule has 3 aromatic rings. The first kappa shape index (κ1) is 15.2. The fraction of sp³-hybridized carbons (Fsp3) is 0.143. The number of hydrogen-bond donors (Lipinski definition) is 2. The number of rotatable bonds is 3. The van der Waals surface area contributed by atoms with E-state index in [-0.39, 0.29) is 0 Å². The third-order valence-corrected chi connectivity index (χ3v) is 4.37. The van der Waals surface area contributed by atoms with Gasteiger partial charge in [0.15, 0.2) is 0 Å². The molecule has 0 saturated heterocycles. The van der Waals surface area contributed by atoms with Gasteiger partial charge in [-0.3, -0.25) is 0 Å². The average molecular weight is 302 g/mol. The van der Waals surface area contributed by atoms with Gasteiger partial charge in [0.2, 0.25) is 0 Å². The van der Waals surface area contributed by atoms with E-state index in [2.05, 4.69) is 49.4 Å². The van der Waals surface area contributed by atoms with Crippen molar-refractivity contribution in [1.29, 1.82) is 0 Å². The van der Waals surface area contributed by atoms with Gasteiger partial charge in [0.25, 0.3) is 0 Å². The van der Waals surface area contributed by atoms with Gasteiger partial charge in [0.05, 0.1) is 0 Å². The first-order chi connectivity index (χ1) is 11.1. The Morgan fingerprint density at radius 3 is 2.52 bits per heavy atom. The molecule has 3 rings (SSSR count). The molecule has 0 saturated carbocycles. The molecule has 0 bridgehead atoms. The highest BCUT2D eigenvalue weighted by Gasteiger charge is 2.11. The third-order valence-electron chi connectivity index (χ3n) is 4.37. The molecule has 23 heavy (non-hydrogen) atoms. The molecular weight excluding hydrogens is 280 g/mol. The number of fused-ring (bicyclic) bond motifs is 1. The summed E-state index contributed by atoms with van der Waals surface area (Å²) in [4.78, 5) is 0. The number of aryl methyl sites for hydroxylation is 1. The lowest BCUT2D eigenvalue weighted by atomic mass is 9.92. The summed E-state index contributed by atoms with van der Waals surface area (Å²) in [5, 5.41) is 2.27. The fourth-order valence-corrected chi connectivity index (χ4v) is 3.08. The zero-order valence-corrected chi connectivity index (χ0v) is 13.6. The Bertz CT molecular complexity index is 892. The minimum absolute atomic E-state index is 0.740. The van der Waals surface area contributed by atoms with E-state index >= 15 is 0 Å². The summed E-state index contributed by atoms with van der Waals surface area (Å²) in [6.07, 6.45) is 4.91. The van der Waals surface area contributed by atoms with Crippen molar-refractivity contribution in [2.45, 2.75) is 20.3 Å². The molecule has 2 heteroatoms. The van der Waals surface area contributed by atoms with Crippen LogP contribution in [0.15, 0.2) is 54.6 Å². The highest BCUT2D eigenvalue weighted by atomic mass is 14.6. The smallest absolute Gasteiger partial charge is 0.0429 e. The van der Waals surface area contributed by atoms with E-state index < -0.39 is 0 Å². The maximum atomic E-state index is 6.42. The quantitative estimate of drug-likeness (QED) is 0.673. The first-order valence-electron chi connectivity index (χ1n) is 7.88. The summed E-state index contributed by atoms with van der Waals surface area (Å²) in [5.74, 6) is 0. The summed E-state index contributed by atoms with van der Waals surface area (Å²) in [6.45, 7) is 4.14. The average Bonchev–Trinajstić information content (AvgIpc) is 2.56. The van der Waals surface area contributed by atoms with Crippen LogP contribution in [0.5, 0.6) is 0 Å². The van der Waals surface area contributed by atoms with Crippen LogP contribution in [0, 0.1) is 6.92 Å². The van der Waals surface area contributed by atoms with Crippen LogP contribution in [-0.4, -0.2) is 0 Å². The Kier molecular flexibility index (Phi) is 4.07. The second-order valence-corrected chi connectivity index (χ2v) is 5.90. The van der Waals surface area contributed by atoms with Crippen molar-refractivity contribution >= 4 is 28.2 Å². The van der Waals surface area contributed by atoms with Gasteiger partial charge >= 0.3 is 0 Å². The van der Waals surface area contributed by atoms with Gasteiger partial charge in [-0.2, -0.15) is 0 Å². The summed E-state index contributed by atoms with van der Waals surface area (Å²) >= 11 is 0. The topological polar surface area (TPSA) is 52.0 Å². The lowest BCUT2D eigenvalue weighted by Gasteiger charge is -2.15. The van der Waals surface area contributed by atoms with Crippen molar-refractivity contribution in [2.24, 2.45) is 0 Å². The van der Waals surface area contributed by atoms with E-state index in [9.17, 15) is 0 Å². The molecule has 0 radical (unpaired) electrons. The van der Waals surface area contributed by atoms with E-state index in [4.69, 9.17) is 11.5 Å². The fourth-order valence-electron chi connectivity index (χ4n) is 3.08. The lowest BCUT2D eigenvalue weighted by Crippen LogP contribution is -2.03. The van der Waals surface area contributed by atoms with Crippen molar-refractivity contribution in [2.75, 3.05) is 11.5 Å². The summed E-state index contributed by atoms with van der Waals surface area (Å²) in [6, 6.07) is 16.5. The normalized spacial score (nSPS) is 11.4. The number of benzene rings is 3. The molecular formula is C21H22N2. The molecule has 2 nitrogen and oxygen atoms in total. The van der Waals surface area contributed by atoms with E-state index in [0.29, 0.717) is 0 Å². The molecule has 0 atom stereocenters. The summed E-state index contributed by atoms with van der Waals surface area (Å²) < 4.78 is 0. The van der Waals surface area contributed by atoms with E-state index in [1.54, 1.807) is 0 Å². The van der Waals surface area contributed by atoms with Gasteiger partial charge in [-0.1, -0.05) is 54.6 Å². The molecule has 0 amide bonds. The van der Waals surface area contributed by atoms with Crippen LogP contribution in [-0.2, 0) is 6.42 Å². The predicted molar refractivity (Wildman–Crippen MR) is 101 cm³/mol.